The Morgan fingerprint density at radius 3 is 2.67 bits per heavy atom. The van der Waals surface area contributed by atoms with Gasteiger partial charge in [-0.1, -0.05) is 26.2 Å². The first kappa shape index (κ1) is 10.9. The van der Waals surface area contributed by atoms with Crippen LogP contribution in [-0.4, -0.2) is 14.8 Å². The fourth-order valence-electron chi connectivity index (χ4n) is 2.40. The second-order valence-electron chi connectivity index (χ2n) is 4.30. The molecule has 2 rings (SSSR count). The van der Waals surface area contributed by atoms with E-state index in [9.17, 15) is 0 Å². The van der Waals surface area contributed by atoms with Crippen molar-refractivity contribution in [2.24, 2.45) is 0 Å². The fourth-order valence-corrected chi connectivity index (χ4v) is 2.67. The topological polar surface area (TPSA) is 30.7 Å². The third-order valence-electron chi connectivity index (χ3n) is 3.14. The summed E-state index contributed by atoms with van der Waals surface area (Å²) in [5.74, 6) is 1.06. The Labute approximate surface area is 95.8 Å². The first-order valence-electron chi connectivity index (χ1n) is 5.92. The van der Waals surface area contributed by atoms with Crippen LogP contribution >= 0.6 is 11.6 Å². The van der Waals surface area contributed by atoms with Crippen LogP contribution < -0.4 is 0 Å². The van der Waals surface area contributed by atoms with Gasteiger partial charge in [0.25, 0.3) is 0 Å². The molecule has 0 aliphatic heterocycles. The lowest BCUT2D eigenvalue weighted by Crippen LogP contribution is -2.15. The van der Waals surface area contributed by atoms with Crippen LogP contribution in [0.1, 0.15) is 57.3 Å². The summed E-state index contributed by atoms with van der Waals surface area (Å²) in [5.41, 5.74) is 0. The average Bonchev–Trinajstić information content (AvgIpc) is 2.62. The molecule has 0 spiro atoms. The predicted octanol–water partition coefficient (Wildman–Crippen LogP) is 3.39. The van der Waals surface area contributed by atoms with Crippen LogP contribution in [0, 0.1) is 0 Å². The van der Waals surface area contributed by atoms with E-state index < -0.39 is 0 Å². The molecular formula is C11H18ClN3. The second kappa shape index (κ2) is 4.97. The Hall–Kier alpha value is -0.570. The Balaban J connectivity index is 2.19. The van der Waals surface area contributed by atoms with Crippen molar-refractivity contribution < 1.29 is 0 Å². The maximum Gasteiger partial charge on any atom is 0.225 e. The molecule has 0 unspecified atom stereocenters. The number of rotatable bonds is 3. The zero-order valence-corrected chi connectivity index (χ0v) is 10.0. The molecule has 4 heteroatoms. The third kappa shape index (κ3) is 2.33. The molecule has 0 saturated heterocycles. The summed E-state index contributed by atoms with van der Waals surface area (Å²) in [6.45, 7) is 2.16. The van der Waals surface area contributed by atoms with Crippen LogP contribution in [0.2, 0.25) is 5.28 Å². The zero-order valence-electron chi connectivity index (χ0n) is 9.25. The number of halogens is 1. The minimum atomic E-state index is 0.544. The van der Waals surface area contributed by atoms with Crippen LogP contribution in [0.4, 0.5) is 0 Å². The van der Waals surface area contributed by atoms with Gasteiger partial charge in [0.2, 0.25) is 5.28 Å². The Morgan fingerprint density at radius 2 is 2.00 bits per heavy atom. The van der Waals surface area contributed by atoms with Gasteiger partial charge < -0.3 is 0 Å². The van der Waals surface area contributed by atoms with Crippen molar-refractivity contribution in [3.63, 3.8) is 0 Å². The molecule has 0 aromatic carbocycles. The van der Waals surface area contributed by atoms with Gasteiger partial charge in [0.15, 0.2) is 0 Å². The summed E-state index contributed by atoms with van der Waals surface area (Å²) in [5, 5.41) is 8.72. The Morgan fingerprint density at radius 1 is 1.27 bits per heavy atom. The number of hydrogen-bond donors (Lipinski definition) is 0. The molecule has 0 N–H and O–H groups in total. The zero-order chi connectivity index (χ0) is 10.7. The maximum absolute atomic E-state index is 6.10. The summed E-state index contributed by atoms with van der Waals surface area (Å²) in [4.78, 5) is 0. The molecule has 0 bridgehead atoms. The van der Waals surface area contributed by atoms with Crippen molar-refractivity contribution >= 4 is 11.6 Å². The van der Waals surface area contributed by atoms with Crippen molar-refractivity contribution in [1.82, 2.24) is 14.8 Å². The molecule has 0 atom stereocenters. The van der Waals surface area contributed by atoms with Crippen molar-refractivity contribution in [1.29, 1.82) is 0 Å². The molecule has 1 heterocycles. The number of aryl methyl sites for hydroxylation is 1. The molecule has 1 saturated carbocycles. The van der Waals surface area contributed by atoms with Gasteiger partial charge in [-0.15, -0.1) is 10.2 Å². The quantitative estimate of drug-likeness (QED) is 0.793. The van der Waals surface area contributed by atoms with Crippen LogP contribution in [0.5, 0.6) is 0 Å². The molecule has 0 radical (unpaired) electrons. The van der Waals surface area contributed by atoms with E-state index in [2.05, 4.69) is 21.7 Å². The van der Waals surface area contributed by atoms with E-state index in [1.165, 1.54) is 32.1 Å². The first-order chi connectivity index (χ1) is 7.33. The smallest absolute Gasteiger partial charge is 0.225 e. The van der Waals surface area contributed by atoms with Crippen LogP contribution in [0.15, 0.2) is 0 Å². The molecule has 0 amide bonds. The minimum Gasteiger partial charge on any atom is -0.299 e. The van der Waals surface area contributed by atoms with E-state index in [0.29, 0.717) is 11.3 Å². The van der Waals surface area contributed by atoms with Gasteiger partial charge in [0, 0.05) is 12.5 Å². The monoisotopic (exact) mass is 227 g/mol. The fraction of sp³-hybridized carbons (Fsp3) is 0.818. The summed E-state index contributed by atoms with van der Waals surface area (Å²) in [6, 6.07) is 0.544. The molecule has 1 aliphatic rings. The highest BCUT2D eigenvalue weighted by molar-refractivity contribution is 6.28. The summed E-state index contributed by atoms with van der Waals surface area (Å²) < 4.78 is 2.16. The second-order valence-corrected chi connectivity index (χ2v) is 4.64. The third-order valence-corrected chi connectivity index (χ3v) is 3.40. The predicted molar refractivity (Wildman–Crippen MR) is 61.1 cm³/mol. The van der Waals surface area contributed by atoms with Gasteiger partial charge in [-0.25, -0.2) is 0 Å². The highest BCUT2D eigenvalue weighted by atomic mass is 35.5. The lowest BCUT2D eigenvalue weighted by atomic mass is 9.95. The molecule has 1 fully saturated rings. The van der Waals surface area contributed by atoms with Crippen molar-refractivity contribution in [2.75, 3.05) is 0 Å². The summed E-state index contributed by atoms with van der Waals surface area (Å²) >= 11 is 6.10. The molecule has 84 valence electrons. The number of nitrogens with zero attached hydrogens (tertiary/aromatic N) is 3. The highest BCUT2D eigenvalue weighted by Crippen LogP contribution is 2.31. The van der Waals surface area contributed by atoms with Crippen molar-refractivity contribution in [2.45, 2.75) is 57.9 Å². The highest BCUT2D eigenvalue weighted by Gasteiger charge is 2.21. The maximum atomic E-state index is 6.10. The van der Waals surface area contributed by atoms with Gasteiger partial charge in [0.1, 0.15) is 5.82 Å². The lowest BCUT2D eigenvalue weighted by molar-refractivity contribution is 0.345. The van der Waals surface area contributed by atoms with E-state index in [-0.39, 0.29) is 0 Å². The molecule has 1 aromatic rings. The number of hydrogen-bond acceptors (Lipinski definition) is 2. The van der Waals surface area contributed by atoms with Gasteiger partial charge in [0.05, 0.1) is 0 Å². The van der Waals surface area contributed by atoms with Gasteiger partial charge in [-0.05, 0) is 30.9 Å². The Kier molecular flexibility index (Phi) is 3.62. The minimum absolute atomic E-state index is 0.544. The SMILES string of the molecule is CCCc1nnc(Cl)n1C1CCCCC1. The van der Waals surface area contributed by atoms with Crippen LogP contribution in [-0.2, 0) is 6.42 Å². The largest absolute Gasteiger partial charge is 0.299 e. The van der Waals surface area contributed by atoms with Crippen LogP contribution in [0.25, 0.3) is 0 Å². The van der Waals surface area contributed by atoms with E-state index in [1.807, 2.05) is 0 Å². The Bertz CT molecular complexity index is 316. The normalized spacial score (nSPS) is 18.3. The van der Waals surface area contributed by atoms with Gasteiger partial charge >= 0.3 is 0 Å². The molecule has 1 aromatic heterocycles. The first-order valence-corrected chi connectivity index (χ1v) is 6.30. The molecular weight excluding hydrogens is 210 g/mol. The van der Waals surface area contributed by atoms with Crippen molar-refractivity contribution in [3.8, 4) is 0 Å². The number of aromatic nitrogens is 3. The molecule has 1 aliphatic carbocycles. The molecule has 3 nitrogen and oxygen atoms in total. The summed E-state index contributed by atoms with van der Waals surface area (Å²) in [6.07, 6.45) is 8.52. The van der Waals surface area contributed by atoms with Gasteiger partial charge in [-0.2, -0.15) is 0 Å². The van der Waals surface area contributed by atoms with E-state index in [0.717, 1.165) is 18.7 Å². The average molecular weight is 228 g/mol. The van der Waals surface area contributed by atoms with E-state index >= 15 is 0 Å². The van der Waals surface area contributed by atoms with E-state index in [1.54, 1.807) is 0 Å². The van der Waals surface area contributed by atoms with E-state index in [4.69, 9.17) is 11.6 Å². The van der Waals surface area contributed by atoms with Gasteiger partial charge in [-0.3, -0.25) is 4.57 Å². The van der Waals surface area contributed by atoms with Crippen molar-refractivity contribution in [3.05, 3.63) is 11.1 Å². The summed E-state index contributed by atoms with van der Waals surface area (Å²) in [7, 11) is 0. The standard InChI is InChI=1S/C11H18ClN3/c1-2-6-10-13-14-11(12)15(10)9-7-4-3-5-8-9/h9H,2-8H2,1H3. The van der Waals surface area contributed by atoms with Crippen LogP contribution in [0.3, 0.4) is 0 Å². The lowest BCUT2D eigenvalue weighted by Gasteiger charge is -2.24. The molecule has 15 heavy (non-hydrogen) atoms.